The van der Waals surface area contributed by atoms with Crippen molar-refractivity contribution in [1.29, 1.82) is 0 Å². The molecule has 0 bridgehead atoms. The van der Waals surface area contributed by atoms with Gasteiger partial charge >= 0.3 is 0 Å². The number of nitrogens with one attached hydrogen (secondary N) is 1. The van der Waals surface area contributed by atoms with Gasteiger partial charge in [0, 0.05) is 4.47 Å². The van der Waals surface area contributed by atoms with Crippen molar-refractivity contribution in [3.8, 4) is 0 Å². The number of hydrogen-bond donors (Lipinski definition) is 3. The monoisotopic (exact) mass is 321 g/mol. The Kier molecular flexibility index (Phi) is 4.94. The van der Waals surface area contributed by atoms with Crippen LogP contribution in [0.4, 0.5) is 0 Å². The molecule has 6 heteroatoms. The molecule has 0 aliphatic rings. The summed E-state index contributed by atoms with van der Waals surface area (Å²) >= 11 is 9.19. The first kappa shape index (κ1) is 14.4. The number of aliphatic hydroxyl groups excluding tert-OH is 2. The van der Waals surface area contributed by atoms with Crippen LogP contribution in [0, 0.1) is 0 Å². The second-order valence-corrected chi connectivity index (χ2v) is 5.16. The standard InChI is InChI=1S/C11H13BrClNO3/c1-11(5-15,6-16)14-10(17)7-3-2-4-8(12)9(7)13/h2-4,15-16H,5-6H2,1H3,(H,14,17). The van der Waals surface area contributed by atoms with Gasteiger partial charge in [-0.3, -0.25) is 4.79 Å². The molecule has 1 aromatic rings. The predicted octanol–water partition coefficient (Wildman–Crippen LogP) is 1.58. The van der Waals surface area contributed by atoms with E-state index in [1.54, 1.807) is 18.2 Å². The van der Waals surface area contributed by atoms with Gasteiger partial charge in [0.15, 0.2) is 0 Å². The predicted molar refractivity (Wildman–Crippen MR) is 69.2 cm³/mol. The Labute approximate surface area is 113 Å². The molecule has 0 aromatic heterocycles. The van der Waals surface area contributed by atoms with Crippen molar-refractivity contribution >= 4 is 33.4 Å². The van der Waals surface area contributed by atoms with Gasteiger partial charge in [-0.25, -0.2) is 0 Å². The van der Waals surface area contributed by atoms with E-state index in [9.17, 15) is 4.79 Å². The van der Waals surface area contributed by atoms with Gasteiger partial charge in [-0.2, -0.15) is 0 Å². The highest BCUT2D eigenvalue weighted by Crippen LogP contribution is 2.26. The van der Waals surface area contributed by atoms with Gasteiger partial charge in [0.1, 0.15) is 0 Å². The molecular weight excluding hydrogens is 309 g/mol. The Morgan fingerprint density at radius 2 is 2.06 bits per heavy atom. The third-order valence-corrected chi connectivity index (χ3v) is 3.61. The quantitative estimate of drug-likeness (QED) is 0.788. The molecule has 0 fully saturated rings. The number of benzene rings is 1. The highest BCUT2D eigenvalue weighted by Gasteiger charge is 2.26. The third-order valence-electron chi connectivity index (χ3n) is 2.31. The zero-order valence-electron chi connectivity index (χ0n) is 9.20. The van der Waals surface area contributed by atoms with Gasteiger partial charge in [-0.15, -0.1) is 0 Å². The first-order chi connectivity index (χ1) is 7.93. The molecular formula is C11H13BrClNO3. The molecule has 0 radical (unpaired) electrons. The molecule has 1 amide bonds. The highest BCUT2D eigenvalue weighted by atomic mass is 79.9. The lowest BCUT2D eigenvalue weighted by Crippen LogP contribution is -2.51. The number of amides is 1. The summed E-state index contributed by atoms with van der Waals surface area (Å²) in [6, 6.07) is 4.97. The Morgan fingerprint density at radius 1 is 1.47 bits per heavy atom. The first-order valence-corrected chi connectivity index (χ1v) is 6.09. The lowest BCUT2D eigenvalue weighted by Gasteiger charge is -2.26. The highest BCUT2D eigenvalue weighted by molar-refractivity contribution is 9.10. The van der Waals surface area contributed by atoms with Crippen LogP contribution in [-0.4, -0.2) is 34.9 Å². The van der Waals surface area contributed by atoms with E-state index in [2.05, 4.69) is 21.2 Å². The zero-order chi connectivity index (χ0) is 13.1. The number of carbonyl (C=O) groups excluding carboxylic acids is 1. The molecule has 0 spiro atoms. The van der Waals surface area contributed by atoms with E-state index in [4.69, 9.17) is 21.8 Å². The molecule has 94 valence electrons. The summed E-state index contributed by atoms with van der Waals surface area (Å²) in [7, 11) is 0. The second kappa shape index (κ2) is 5.82. The molecule has 4 nitrogen and oxygen atoms in total. The summed E-state index contributed by atoms with van der Waals surface area (Å²) in [5.41, 5.74) is -0.780. The Hall–Kier alpha value is -0.620. The van der Waals surface area contributed by atoms with Crippen molar-refractivity contribution in [1.82, 2.24) is 5.32 Å². The molecule has 0 aliphatic heterocycles. The average molecular weight is 323 g/mol. The minimum Gasteiger partial charge on any atom is -0.394 e. The smallest absolute Gasteiger partial charge is 0.253 e. The number of rotatable bonds is 4. The van der Waals surface area contributed by atoms with Crippen LogP contribution < -0.4 is 5.32 Å². The number of halogens is 2. The fraction of sp³-hybridized carbons (Fsp3) is 0.364. The van der Waals surface area contributed by atoms with E-state index in [1.165, 1.54) is 6.92 Å². The van der Waals surface area contributed by atoms with Crippen LogP contribution in [0.1, 0.15) is 17.3 Å². The fourth-order valence-corrected chi connectivity index (χ4v) is 1.73. The maximum Gasteiger partial charge on any atom is 0.253 e. The molecule has 3 N–H and O–H groups in total. The summed E-state index contributed by atoms with van der Waals surface area (Å²) in [6.07, 6.45) is 0. The molecule has 17 heavy (non-hydrogen) atoms. The Morgan fingerprint density at radius 3 is 2.59 bits per heavy atom. The summed E-state index contributed by atoms with van der Waals surface area (Å²) in [5, 5.41) is 21.0. The number of aliphatic hydroxyl groups is 2. The number of carbonyl (C=O) groups is 1. The lowest BCUT2D eigenvalue weighted by atomic mass is 10.0. The van der Waals surface area contributed by atoms with Gasteiger partial charge in [0.2, 0.25) is 0 Å². The topological polar surface area (TPSA) is 69.6 Å². The summed E-state index contributed by atoms with van der Waals surface area (Å²) in [5.74, 6) is -0.443. The Bertz CT molecular complexity index is 421. The van der Waals surface area contributed by atoms with E-state index < -0.39 is 11.4 Å². The third kappa shape index (κ3) is 3.42. The largest absolute Gasteiger partial charge is 0.394 e. The molecule has 0 heterocycles. The van der Waals surface area contributed by atoms with E-state index in [0.29, 0.717) is 9.50 Å². The second-order valence-electron chi connectivity index (χ2n) is 3.93. The van der Waals surface area contributed by atoms with Crippen LogP contribution in [0.25, 0.3) is 0 Å². The molecule has 0 saturated carbocycles. The molecule has 0 saturated heterocycles. The molecule has 0 aliphatic carbocycles. The van der Waals surface area contributed by atoms with E-state index >= 15 is 0 Å². The fourth-order valence-electron chi connectivity index (χ4n) is 1.15. The number of hydrogen-bond acceptors (Lipinski definition) is 3. The van der Waals surface area contributed by atoms with Crippen molar-refractivity contribution < 1.29 is 15.0 Å². The van der Waals surface area contributed by atoms with Crippen molar-refractivity contribution in [2.24, 2.45) is 0 Å². The minimum atomic E-state index is -1.07. The molecule has 1 aromatic carbocycles. The maximum atomic E-state index is 11.9. The Balaban J connectivity index is 2.94. The van der Waals surface area contributed by atoms with Crippen LogP contribution >= 0.6 is 27.5 Å². The minimum absolute atomic E-state index is 0.286. The van der Waals surface area contributed by atoms with E-state index in [0.717, 1.165) is 0 Å². The molecule has 0 atom stereocenters. The molecule has 1 rings (SSSR count). The molecule has 0 unspecified atom stereocenters. The summed E-state index contributed by atoms with van der Waals surface area (Å²) < 4.78 is 0.613. The van der Waals surface area contributed by atoms with Crippen molar-refractivity contribution in [2.75, 3.05) is 13.2 Å². The summed E-state index contributed by atoms with van der Waals surface area (Å²) in [4.78, 5) is 11.9. The van der Waals surface area contributed by atoms with Gasteiger partial charge in [0.25, 0.3) is 5.91 Å². The normalized spacial score (nSPS) is 11.4. The maximum absolute atomic E-state index is 11.9. The van der Waals surface area contributed by atoms with Gasteiger partial charge < -0.3 is 15.5 Å². The van der Waals surface area contributed by atoms with Crippen molar-refractivity contribution in [3.63, 3.8) is 0 Å². The van der Waals surface area contributed by atoms with Crippen LogP contribution in [0.15, 0.2) is 22.7 Å². The van der Waals surface area contributed by atoms with E-state index in [1.807, 2.05) is 0 Å². The zero-order valence-corrected chi connectivity index (χ0v) is 11.5. The lowest BCUT2D eigenvalue weighted by molar-refractivity contribution is 0.0724. The van der Waals surface area contributed by atoms with Crippen LogP contribution in [0.2, 0.25) is 5.02 Å². The van der Waals surface area contributed by atoms with Gasteiger partial charge in [-0.05, 0) is 35.0 Å². The van der Waals surface area contributed by atoms with Crippen molar-refractivity contribution in [3.05, 3.63) is 33.3 Å². The van der Waals surface area contributed by atoms with Crippen LogP contribution in [-0.2, 0) is 0 Å². The average Bonchev–Trinajstić information content (AvgIpc) is 2.32. The SMILES string of the molecule is CC(CO)(CO)NC(=O)c1cccc(Br)c1Cl. The van der Waals surface area contributed by atoms with Crippen molar-refractivity contribution in [2.45, 2.75) is 12.5 Å². The van der Waals surface area contributed by atoms with Gasteiger partial charge in [-0.1, -0.05) is 17.7 Å². The summed E-state index contributed by atoms with van der Waals surface area (Å²) in [6.45, 7) is 0.818. The first-order valence-electron chi connectivity index (χ1n) is 4.92. The van der Waals surface area contributed by atoms with Crippen LogP contribution in [0.5, 0.6) is 0 Å². The van der Waals surface area contributed by atoms with E-state index in [-0.39, 0.29) is 18.8 Å². The van der Waals surface area contributed by atoms with Crippen LogP contribution in [0.3, 0.4) is 0 Å². The van der Waals surface area contributed by atoms with Gasteiger partial charge in [0.05, 0.1) is 29.3 Å².